The molecule has 28 heavy (non-hydrogen) atoms. The van der Waals surface area contributed by atoms with Crippen LogP contribution in [0.15, 0.2) is 30.3 Å². The molecule has 1 heterocycles. The quantitative estimate of drug-likeness (QED) is 0.630. The summed E-state index contributed by atoms with van der Waals surface area (Å²) in [5.74, 6) is 0.784. The van der Waals surface area contributed by atoms with Gasteiger partial charge in [0.1, 0.15) is 0 Å². The number of carbonyl (C=O) groups is 2. The highest BCUT2D eigenvalue weighted by molar-refractivity contribution is 5.77. The van der Waals surface area contributed by atoms with Gasteiger partial charge in [0.05, 0.1) is 0 Å². The van der Waals surface area contributed by atoms with E-state index < -0.39 is 0 Å². The van der Waals surface area contributed by atoms with Crippen molar-refractivity contribution in [2.24, 2.45) is 11.7 Å². The van der Waals surface area contributed by atoms with Gasteiger partial charge in [-0.2, -0.15) is 0 Å². The van der Waals surface area contributed by atoms with Crippen molar-refractivity contribution in [1.29, 1.82) is 0 Å². The fourth-order valence-corrected chi connectivity index (χ4v) is 4.47. The van der Waals surface area contributed by atoms with Gasteiger partial charge in [0.25, 0.3) is 0 Å². The average Bonchev–Trinajstić information content (AvgIpc) is 3.17. The average molecular weight is 387 g/mol. The second-order valence-corrected chi connectivity index (χ2v) is 8.15. The van der Waals surface area contributed by atoms with E-state index in [2.05, 4.69) is 22.8 Å². The fourth-order valence-electron chi connectivity index (χ4n) is 4.47. The van der Waals surface area contributed by atoms with Gasteiger partial charge in [-0.15, -0.1) is 0 Å². The Balaban J connectivity index is 1.37. The minimum absolute atomic E-state index is 0.104. The number of nitrogens with two attached hydrogens (primary N) is 1. The van der Waals surface area contributed by atoms with Gasteiger partial charge in [-0.3, -0.25) is 4.79 Å². The first-order valence-electron chi connectivity index (χ1n) is 10.7. The molecule has 3 rings (SSSR count). The second kappa shape index (κ2) is 10.5. The lowest BCUT2D eigenvalue weighted by Crippen LogP contribution is -2.43. The Morgan fingerprint density at radius 3 is 2.54 bits per heavy atom. The van der Waals surface area contributed by atoms with E-state index in [1.807, 2.05) is 23.1 Å². The number of carbonyl (C=O) groups excluding carboxylic acids is 2. The molecule has 0 unspecified atom stereocenters. The maximum absolute atomic E-state index is 12.6. The third-order valence-electron chi connectivity index (χ3n) is 6.12. The van der Waals surface area contributed by atoms with Crippen molar-refractivity contribution in [3.05, 3.63) is 35.9 Å². The molecule has 1 aliphatic heterocycles. The number of hydrogen-bond donors (Lipinski definition) is 3. The number of benzene rings is 1. The molecule has 2 fully saturated rings. The molecule has 6 nitrogen and oxygen atoms in total. The standard InChI is InChI=1S/C22H34N4O2/c23-14-18-15-26(16-20(18)17-8-3-1-4-9-17)21(27)12-7-13-24-22(28)25-19-10-5-2-6-11-19/h1,3-4,8-9,18-20H,2,5-7,10-16,23H2,(H2,24,25,28)/t18-,20+/m1/s1. The van der Waals surface area contributed by atoms with E-state index in [1.165, 1.54) is 24.8 Å². The van der Waals surface area contributed by atoms with Crippen LogP contribution in [0.2, 0.25) is 0 Å². The maximum Gasteiger partial charge on any atom is 0.315 e. The summed E-state index contributed by atoms with van der Waals surface area (Å²) < 4.78 is 0. The van der Waals surface area contributed by atoms with Crippen LogP contribution in [-0.2, 0) is 4.79 Å². The molecule has 3 amide bonds. The first-order chi connectivity index (χ1) is 13.7. The summed E-state index contributed by atoms with van der Waals surface area (Å²) in [7, 11) is 0. The van der Waals surface area contributed by atoms with E-state index in [0.29, 0.717) is 43.8 Å². The summed E-state index contributed by atoms with van der Waals surface area (Å²) in [6.45, 7) is 2.58. The summed E-state index contributed by atoms with van der Waals surface area (Å²) in [5.41, 5.74) is 7.22. The lowest BCUT2D eigenvalue weighted by Gasteiger charge is -2.23. The van der Waals surface area contributed by atoms with Gasteiger partial charge in [0, 0.05) is 38.0 Å². The van der Waals surface area contributed by atoms with Crippen LogP contribution in [0, 0.1) is 5.92 Å². The van der Waals surface area contributed by atoms with Crippen LogP contribution in [-0.4, -0.2) is 49.1 Å². The van der Waals surface area contributed by atoms with Crippen molar-refractivity contribution in [3.63, 3.8) is 0 Å². The number of rotatable bonds is 7. The van der Waals surface area contributed by atoms with Crippen LogP contribution in [0.25, 0.3) is 0 Å². The number of likely N-dealkylation sites (tertiary alicyclic amines) is 1. The van der Waals surface area contributed by atoms with Gasteiger partial charge in [-0.1, -0.05) is 49.6 Å². The highest BCUT2D eigenvalue weighted by Crippen LogP contribution is 2.32. The summed E-state index contributed by atoms with van der Waals surface area (Å²) in [6.07, 6.45) is 6.94. The molecule has 0 bridgehead atoms. The molecule has 0 aromatic heterocycles. The molecule has 1 aromatic carbocycles. The van der Waals surface area contributed by atoms with Crippen LogP contribution < -0.4 is 16.4 Å². The summed E-state index contributed by atoms with van der Waals surface area (Å²) >= 11 is 0. The molecule has 1 aromatic rings. The van der Waals surface area contributed by atoms with Crippen molar-refractivity contribution in [1.82, 2.24) is 15.5 Å². The Morgan fingerprint density at radius 1 is 1.07 bits per heavy atom. The maximum atomic E-state index is 12.6. The summed E-state index contributed by atoms with van der Waals surface area (Å²) in [5, 5.41) is 5.93. The van der Waals surface area contributed by atoms with E-state index in [4.69, 9.17) is 5.73 Å². The molecule has 4 N–H and O–H groups in total. The van der Waals surface area contributed by atoms with Crippen LogP contribution in [0.5, 0.6) is 0 Å². The van der Waals surface area contributed by atoms with Crippen molar-refractivity contribution in [2.45, 2.75) is 56.9 Å². The predicted molar refractivity (Wildman–Crippen MR) is 111 cm³/mol. The van der Waals surface area contributed by atoms with Gasteiger partial charge in [0.2, 0.25) is 5.91 Å². The highest BCUT2D eigenvalue weighted by atomic mass is 16.2. The number of amides is 3. The largest absolute Gasteiger partial charge is 0.342 e. The Kier molecular flexibility index (Phi) is 7.71. The van der Waals surface area contributed by atoms with E-state index in [1.54, 1.807) is 0 Å². The van der Waals surface area contributed by atoms with Crippen molar-refractivity contribution in [2.75, 3.05) is 26.2 Å². The monoisotopic (exact) mass is 386 g/mol. The van der Waals surface area contributed by atoms with Crippen molar-refractivity contribution in [3.8, 4) is 0 Å². The van der Waals surface area contributed by atoms with E-state index in [-0.39, 0.29) is 11.9 Å². The molecule has 2 aliphatic rings. The van der Waals surface area contributed by atoms with Crippen LogP contribution in [0.4, 0.5) is 4.79 Å². The number of nitrogens with one attached hydrogen (secondary N) is 2. The van der Waals surface area contributed by atoms with Gasteiger partial charge in [-0.05, 0) is 37.3 Å². The zero-order chi connectivity index (χ0) is 19.8. The third-order valence-corrected chi connectivity index (χ3v) is 6.12. The molecule has 1 aliphatic carbocycles. The second-order valence-electron chi connectivity index (χ2n) is 8.15. The summed E-state index contributed by atoms with van der Waals surface area (Å²) in [6, 6.07) is 10.5. The van der Waals surface area contributed by atoms with Gasteiger partial charge >= 0.3 is 6.03 Å². The molecule has 154 valence electrons. The number of nitrogens with zero attached hydrogens (tertiary/aromatic N) is 1. The minimum atomic E-state index is -0.104. The lowest BCUT2D eigenvalue weighted by atomic mass is 9.89. The van der Waals surface area contributed by atoms with Crippen LogP contribution in [0.3, 0.4) is 0 Å². The zero-order valence-electron chi connectivity index (χ0n) is 16.7. The van der Waals surface area contributed by atoms with Gasteiger partial charge in [-0.25, -0.2) is 4.79 Å². The Bertz CT molecular complexity index is 631. The van der Waals surface area contributed by atoms with Crippen molar-refractivity contribution < 1.29 is 9.59 Å². The van der Waals surface area contributed by atoms with E-state index >= 15 is 0 Å². The summed E-state index contributed by atoms with van der Waals surface area (Å²) in [4.78, 5) is 26.5. The first-order valence-corrected chi connectivity index (χ1v) is 10.7. The number of urea groups is 1. The fraction of sp³-hybridized carbons (Fsp3) is 0.636. The Hall–Kier alpha value is -2.08. The lowest BCUT2D eigenvalue weighted by molar-refractivity contribution is -0.130. The SMILES string of the molecule is NC[C@@H]1CN(C(=O)CCCNC(=O)NC2CCCCC2)C[C@H]1c1ccccc1. The van der Waals surface area contributed by atoms with E-state index in [9.17, 15) is 9.59 Å². The molecule has 6 heteroatoms. The molecule has 1 saturated heterocycles. The van der Waals surface area contributed by atoms with E-state index in [0.717, 1.165) is 25.9 Å². The molecule has 0 spiro atoms. The molecule has 1 saturated carbocycles. The topological polar surface area (TPSA) is 87.5 Å². The van der Waals surface area contributed by atoms with Gasteiger partial charge < -0.3 is 21.3 Å². The first kappa shape index (κ1) is 20.6. The van der Waals surface area contributed by atoms with Crippen LogP contribution in [0.1, 0.15) is 56.4 Å². The molecular formula is C22H34N4O2. The Morgan fingerprint density at radius 2 is 1.82 bits per heavy atom. The molecular weight excluding hydrogens is 352 g/mol. The predicted octanol–water partition coefficient (Wildman–Crippen LogP) is 2.60. The van der Waals surface area contributed by atoms with Crippen LogP contribution >= 0.6 is 0 Å². The normalized spacial score (nSPS) is 22.8. The highest BCUT2D eigenvalue weighted by Gasteiger charge is 2.34. The van der Waals surface area contributed by atoms with Crippen molar-refractivity contribution >= 4 is 11.9 Å². The third kappa shape index (κ3) is 5.71. The van der Waals surface area contributed by atoms with Gasteiger partial charge in [0.15, 0.2) is 0 Å². The molecule has 2 atom stereocenters. The zero-order valence-corrected chi connectivity index (χ0v) is 16.7. The molecule has 0 radical (unpaired) electrons. The number of hydrogen-bond acceptors (Lipinski definition) is 3. The minimum Gasteiger partial charge on any atom is -0.342 e. The Labute approximate surface area is 168 Å². The smallest absolute Gasteiger partial charge is 0.315 e.